The Morgan fingerprint density at radius 3 is 2.54 bits per heavy atom. The lowest BCUT2D eigenvalue weighted by molar-refractivity contribution is -0.111. The molecular formula is C22H20N2O4. The first kappa shape index (κ1) is 19.0. The van der Waals surface area contributed by atoms with Gasteiger partial charge in [0.2, 0.25) is 5.91 Å². The molecule has 0 atom stereocenters. The summed E-state index contributed by atoms with van der Waals surface area (Å²) in [6.45, 7) is 2.46. The number of nitrogens with one attached hydrogen (secondary N) is 2. The van der Waals surface area contributed by atoms with Crippen molar-refractivity contribution in [1.82, 2.24) is 0 Å². The fourth-order valence-electron chi connectivity index (χ4n) is 2.53. The molecule has 2 N–H and O–H groups in total. The van der Waals surface area contributed by atoms with E-state index in [1.807, 2.05) is 31.2 Å². The van der Waals surface area contributed by atoms with Gasteiger partial charge in [-0.25, -0.2) is 0 Å². The minimum atomic E-state index is -0.360. The van der Waals surface area contributed by atoms with Crippen molar-refractivity contribution < 1.29 is 18.7 Å². The lowest BCUT2D eigenvalue weighted by Gasteiger charge is -2.07. The molecule has 6 heteroatoms. The average Bonchev–Trinajstić information content (AvgIpc) is 3.23. The first-order chi connectivity index (χ1) is 13.7. The number of carbonyl (C=O) groups excluding carboxylic acids is 2. The number of amides is 2. The smallest absolute Gasteiger partial charge is 0.291 e. The van der Waals surface area contributed by atoms with E-state index in [-0.39, 0.29) is 17.6 Å². The number of furan rings is 1. The second kappa shape index (κ2) is 9.23. The average molecular weight is 376 g/mol. The van der Waals surface area contributed by atoms with Gasteiger partial charge in [0.1, 0.15) is 5.75 Å². The Labute approximate surface area is 162 Å². The van der Waals surface area contributed by atoms with Gasteiger partial charge in [-0.2, -0.15) is 0 Å². The standard InChI is InChI=1S/C22H20N2O4/c1-2-27-19-10-4-3-7-16(19)12-13-21(25)23-17-8-5-9-18(15-17)24-22(26)20-11-6-14-28-20/h3-15H,2H2,1H3,(H,23,25)(H,24,26)/b13-12+. The van der Waals surface area contributed by atoms with Crippen LogP contribution in [-0.2, 0) is 4.79 Å². The van der Waals surface area contributed by atoms with Crippen molar-refractivity contribution in [2.45, 2.75) is 6.92 Å². The summed E-state index contributed by atoms with van der Waals surface area (Å²) >= 11 is 0. The van der Waals surface area contributed by atoms with Crippen LogP contribution in [0.15, 0.2) is 77.4 Å². The zero-order chi connectivity index (χ0) is 19.8. The predicted octanol–water partition coefficient (Wildman–Crippen LogP) is 4.58. The Balaban J connectivity index is 1.64. The quantitative estimate of drug-likeness (QED) is 0.591. The summed E-state index contributed by atoms with van der Waals surface area (Å²) in [5.41, 5.74) is 1.92. The molecule has 6 nitrogen and oxygen atoms in total. The van der Waals surface area contributed by atoms with Crippen LogP contribution < -0.4 is 15.4 Å². The molecule has 3 aromatic rings. The molecule has 0 aliphatic rings. The molecule has 0 aliphatic carbocycles. The highest BCUT2D eigenvalue weighted by atomic mass is 16.5. The molecule has 0 bridgehead atoms. The highest BCUT2D eigenvalue weighted by Gasteiger charge is 2.09. The topological polar surface area (TPSA) is 80.6 Å². The maximum Gasteiger partial charge on any atom is 0.291 e. The first-order valence-electron chi connectivity index (χ1n) is 8.81. The fraction of sp³-hybridized carbons (Fsp3) is 0.0909. The summed E-state index contributed by atoms with van der Waals surface area (Å²) in [5.74, 6) is 0.281. The summed E-state index contributed by atoms with van der Waals surface area (Å²) in [5, 5.41) is 5.49. The van der Waals surface area contributed by atoms with Crippen LogP contribution in [0, 0.1) is 0 Å². The molecule has 0 saturated heterocycles. The summed E-state index contributed by atoms with van der Waals surface area (Å²) in [7, 11) is 0. The van der Waals surface area contributed by atoms with Gasteiger partial charge in [0.15, 0.2) is 5.76 Å². The van der Waals surface area contributed by atoms with E-state index in [9.17, 15) is 9.59 Å². The summed E-state index contributed by atoms with van der Waals surface area (Å²) < 4.78 is 10.6. The summed E-state index contributed by atoms with van der Waals surface area (Å²) in [4.78, 5) is 24.3. The van der Waals surface area contributed by atoms with Crippen LogP contribution in [0.1, 0.15) is 23.0 Å². The Morgan fingerprint density at radius 2 is 1.79 bits per heavy atom. The van der Waals surface area contributed by atoms with E-state index < -0.39 is 0 Å². The third-order valence-electron chi connectivity index (χ3n) is 3.77. The second-order valence-corrected chi connectivity index (χ2v) is 5.81. The number of anilines is 2. The highest BCUT2D eigenvalue weighted by molar-refractivity contribution is 6.04. The monoisotopic (exact) mass is 376 g/mol. The number of para-hydroxylation sites is 1. The zero-order valence-electron chi connectivity index (χ0n) is 15.3. The number of benzene rings is 2. The molecule has 0 aliphatic heterocycles. The molecule has 0 unspecified atom stereocenters. The normalized spacial score (nSPS) is 10.6. The van der Waals surface area contributed by atoms with Crippen molar-refractivity contribution in [2.75, 3.05) is 17.2 Å². The van der Waals surface area contributed by atoms with Gasteiger partial charge in [0.25, 0.3) is 5.91 Å². The lowest BCUT2D eigenvalue weighted by Crippen LogP contribution is -2.12. The van der Waals surface area contributed by atoms with Crippen LogP contribution in [0.2, 0.25) is 0 Å². The van der Waals surface area contributed by atoms with Crippen molar-refractivity contribution in [3.05, 3.63) is 84.3 Å². The van der Waals surface area contributed by atoms with Gasteiger partial charge < -0.3 is 19.8 Å². The van der Waals surface area contributed by atoms with Crippen LogP contribution in [0.4, 0.5) is 11.4 Å². The molecule has 0 fully saturated rings. The molecular weight excluding hydrogens is 356 g/mol. The van der Waals surface area contributed by atoms with Gasteiger partial charge in [0, 0.05) is 23.0 Å². The molecule has 0 saturated carbocycles. The van der Waals surface area contributed by atoms with Crippen LogP contribution in [0.3, 0.4) is 0 Å². The molecule has 0 radical (unpaired) electrons. The van der Waals surface area contributed by atoms with Crippen LogP contribution >= 0.6 is 0 Å². The van der Waals surface area contributed by atoms with Crippen molar-refractivity contribution in [3.8, 4) is 5.75 Å². The maximum absolute atomic E-state index is 12.2. The van der Waals surface area contributed by atoms with Crippen molar-refractivity contribution in [2.24, 2.45) is 0 Å². The van der Waals surface area contributed by atoms with E-state index in [4.69, 9.17) is 9.15 Å². The van der Waals surface area contributed by atoms with E-state index in [1.54, 1.807) is 42.5 Å². The molecule has 2 aromatic carbocycles. The molecule has 142 valence electrons. The highest BCUT2D eigenvalue weighted by Crippen LogP contribution is 2.20. The number of rotatable bonds is 7. The number of carbonyl (C=O) groups is 2. The van der Waals surface area contributed by atoms with Gasteiger partial charge in [0.05, 0.1) is 12.9 Å². The van der Waals surface area contributed by atoms with E-state index in [2.05, 4.69) is 10.6 Å². The molecule has 1 heterocycles. The summed E-state index contributed by atoms with van der Waals surface area (Å²) in [6.07, 6.45) is 4.57. The Morgan fingerprint density at radius 1 is 1.00 bits per heavy atom. The van der Waals surface area contributed by atoms with Gasteiger partial charge in [-0.05, 0) is 49.4 Å². The summed E-state index contributed by atoms with van der Waals surface area (Å²) in [6, 6.07) is 17.6. The number of hydrogen-bond acceptors (Lipinski definition) is 4. The Bertz CT molecular complexity index is 978. The number of hydrogen-bond donors (Lipinski definition) is 2. The maximum atomic E-state index is 12.2. The minimum Gasteiger partial charge on any atom is -0.493 e. The van der Waals surface area contributed by atoms with Crippen LogP contribution in [0.25, 0.3) is 6.08 Å². The number of ether oxygens (including phenoxy) is 1. The van der Waals surface area contributed by atoms with Gasteiger partial charge in [-0.3, -0.25) is 9.59 Å². The van der Waals surface area contributed by atoms with Gasteiger partial charge in [-0.15, -0.1) is 0 Å². The van der Waals surface area contributed by atoms with E-state index >= 15 is 0 Å². The van der Waals surface area contributed by atoms with Crippen molar-refractivity contribution >= 4 is 29.3 Å². The molecule has 28 heavy (non-hydrogen) atoms. The van der Waals surface area contributed by atoms with Crippen LogP contribution in [0.5, 0.6) is 5.75 Å². The fourth-order valence-corrected chi connectivity index (χ4v) is 2.53. The second-order valence-electron chi connectivity index (χ2n) is 5.81. The predicted molar refractivity (Wildman–Crippen MR) is 108 cm³/mol. The largest absolute Gasteiger partial charge is 0.493 e. The third kappa shape index (κ3) is 5.11. The molecule has 1 aromatic heterocycles. The zero-order valence-corrected chi connectivity index (χ0v) is 15.3. The minimum absolute atomic E-state index is 0.213. The van der Waals surface area contributed by atoms with Crippen molar-refractivity contribution in [1.29, 1.82) is 0 Å². The first-order valence-corrected chi connectivity index (χ1v) is 8.81. The van der Waals surface area contributed by atoms with Gasteiger partial charge >= 0.3 is 0 Å². The van der Waals surface area contributed by atoms with Crippen molar-refractivity contribution in [3.63, 3.8) is 0 Å². The molecule has 0 spiro atoms. The third-order valence-corrected chi connectivity index (χ3v) is 3.77. The Kier molecular flexibility index (Phi) is 6.25. The molecule has 2 amide bonds. The van der Waals surface area contributed by atoms with E-state index in [0.29, 0.717) is 18.0 Å². The lowest BCUT2D eigenvalue weighted by atomic mass is 10.2. The van der Waals surface area contributed by atoms with Crippen LogP contribution in [-0.4, -0.2) is 18.4 Å². The Hall–Kier alpha value is -3.80. The SMILES string of the molecule is CCOc1ccccc1/C=C/C(=O)Nc1cccc(NC(=O)c2ccco2)c1. The van der Waals surface area contributed by atoms with E-state index in [1.165, 1.54) is 12.3 Å². The van der Waals surface area contributed by atoms with E-state index in [0.717, 1.165) is 11.3 Å². The molecule has 3 rings (SSSR count). The van der Waals surface area contributed by atoms with Gasteiger partial charge in [-0.1, -0.05) is 24.3 Å².